The van der Waals surface area contributed by atoms with Gasteiger partial charge in [0.2, 0.25) is 0 Å². The van der Waals surface area contributed by atoms with Crippen molar-refractivity contribution in [3.8, 4) is 5.75 Å². The highest BCUT2D eigenvalue weighted by Crippen LogP contribution is 2.17. The number of hydrogen-bond acceptors (Lipinski definition) is 5. The van der Waals surface area contributed by atoms with Gasteiger partial charge in [0.25, 0.3) is 5.91 Å². The molecule has 1 aliphatic rings. The van der Waals surface area contributed by atoms with E-state index in [1.54, 1.807) is 13.1 Å². The van der Waals surface area contributed by atoms with Gasteiger partial charge in [-0.05, 0) is 43.7 Å². The van der Waals surface area contributed by atoms with Crippen molar-refractivity contribution in [1.82, 2.24) is 4.98 Å². The van der Waals surface area contributed by atoms with Gasteiger partial charge >= 0.3 is 0 Å². The smallest absolute Gasteiger partial charge is 0.265 e. The van der Waals surface area contributed by atoms with Crippen LogP contribution in [0.25, 0.3) is 0 Å². The highest BCUT2D eigenvalue weighted by molar-refractivity contribution is 5.94. The van der Waals surface area contributed by atoms with Gasteiger partial charge in [-0.3, -0.25) is 4.79 Å². The zero-order valence-electron chi connectivity index (χ0n) is 14.6. The summed E-state index contributed by atoms with van der Waals surface area (Å²) < 4.78 is 11.0. The third-order valence-corrected chi connectivity index (χ3v) is 4.02. The Hall–Kier alpha value is -2.60. The Kier molecular flexibility index (Phi) is 5.50. The molecule has 0 aliphatic carbocycles. The fraction of sp³-hybridized carbons (Fsp3) is 0.368. The molecule has 1 fully saturated rings. The minimum absolute atomic E-state index is 0.206. The van der Waals surface area contributed by atoms with Crippen molar-refractivity contribution in [2.45, 2.75) is 20.0 Å². The van der Waals surface area contributed by atoms with Crippen LogP contribution >= 0.6 is 0 Å². The molecule has 0 radical (unpaired) electrons. The first-order chi connectivity index (χ1) is 12.1. The van der Waals surface area contributed by atoms with Crippen LogP contribution in [0.4, 0.5) is 11.5 Å². The summed E-state index contributed by atoms with van der Waals surface area (Å²) >= 11 is 0. The maximum Gasteiger partial charge on any atom is 0.265 e. The maximum atomic E-state index is 12.3. The summed E-state index contributed by atoms with van der Waals surface area (Å²) in [7, 11) is 0. The summed E-state index contributed by atoms with van der Waals surface area (Å²) in [5.41, 5.74) is 1.75. The quantitative estimate of drug-likeness (QED) is 0.906. The second-order valence-corrected chi connectivity index (χ2v) is 6.07. The molecule has 2 aromatic rings. The normalized spacial score (nSPS) is 15.5. The Labute approximate surface area is 147 Å². The summed E-state index contributed by atoms with van der Waals surface area (Å²) in [6.45, 7) is 6.81. The Morgan fingerprint density at radius 1 is 1.28 bits per heavy atom. The maximum absolute atomic E-state index is 12.3. The Bertz CT molecular complexity index is 712. The monoisotopic (exact) mass is 341 g/mol. The Morgan fingerprint density at radius 2 is 2.08 bits per heavy atom. The largest absolute Gasteiger partial charge is 0.481 e. The summed E-state index contributed by atoms with van der Waals surface area (Å²) in [4.78, 5) is 18.9. The van der Waals surface area contributed by atoms with Crippen LogP contribution in [0.1, 0.15) is 12.5 Å². The number of nitrogens with one attached hydrogen (secondary N) is 1. The molecule has 2 heterocycles. The molecule has 3 rings (SSSR count). The van der Waals surface area contributed by atoms with Gasteiger partial charge in [0.05, 0.1) is 25.1 Å². The number of morpholine rings is 1. The van der Waals surface area contributed by atoms with E-state index >= 15 is 0 Å². The summed E-state index contributed by atoms with van der Waals surface area (Å²) in [5.74, 6) is 1.37. The van der Waals surface area contributed by atoms with Crippen molar-refractivity contribution >= 4 is 17.4 Å². The standard InChI is InChI=1S/C19H23N3O3/c1-14-4-3-5-17(12-14)25-15(2)19(23)21-16-6-7-18(20-13-16)22-8-10-24-11-9-22/h3-7,12-13,15H,8-11H2,1-2H3,(H,21,23). The summed E-state index contributed by atoms with van der Waals surface area (Å²) in [5, 5.41) is 2.84. The highest BCUT2D eigenvalue weighted by Gasteiger charge is 2.16. The van der Waals surface area contributed by atoms with Crippen LogP contribution in [0.2, 0.25) is 0 Å². The number of pyridine rings is 1. The number of carbonyl (C=O) groups is 1. The molecule has 0 spiro atoms. The Morgan fingerprint density at radius 3 is 2.76 bits per heavy atom. The number of rotatable bonds is 5. The van der Waals surface area contributed by atoms with Crippen LogP contribution in [-0.4, -0.2) is 43.3 Å². The number of ether oxygens (including phenoxy) is 2. The minimum Gasteiger partial charge on any atom is -0.481 e. The number of nitrogens with zero attached hydrogens (tertiary/aromatic N) is 2. The molecule has 1 saturated heterocycles. The summed E-state index contributed by atoms with van der Waals surface area (Å²) in [6.07, 6.45) is 1.07. The van der Waals surface area contributed by atoms with Gasteiger partial charge in [-0.15, -0.1) is 0 Å². The van der Waals surface area contributed by atoms with E-state index in [0.29, 0.717) is 24.7 Å². The number of anilines is 2. The minimum atomic E-state index is -0.597. The van der Waals surface area contributed by atoms with Crippen LogP contribution in [0, 0.1) is 6.92 Å². The molecule has 1 aromatic heterocycles. The van der Waals surface area contributed by atoms with Gasteiger partial charge in [0.1, 0.15) is 11.6 Å². The fourth-order valence-corrected chi connectivity index (χ4v) is 2.63. The number of carbonyl (C=O) groups excluding carboxylic acids is 1. The molecule has 1 amide bonds. The second kappa shape index (κ2) is 7.98. The average Bonchev–Trinajstić information content (AvgIpc) is 2.63. The van der Waals surface area contributed by atoms with Crippen LogP contribution in [0.15, 0.2) is 42.6 Å². The van der Waals surface area contributed by atoms with Gasteiger partial charge in [0.15, 0.2) is 6.10 Å². The molecule has 0 bridgehead atoms. The molecular formula is C19H23N3O3. The van der Waals surface area contributed by atoms with Gasteiger partial charge < -0.3 is 19.7 Å². The lowest BCUT2D eigenvalue weighted by Crippen LogP contribution is -2.36. The van der Waals surface area contributed by atoms with E-state index in [0.717, 1.165) is 24.5 Å². The van der Waals surface area contributed by atoms with E-state index in [1.165, 1.54) is 0 Å². The molecule has 1 atom stereocenters. The number of aryl methyl sites for hydroxylation is 1. The molecule has 132 valence electrons. The first-order valence-corrected chi connectivity index (χ1v) is 8.45. The zero-order chi connectivity index (χ0) is 17.6. The zero-order valence-corrected chi connectivity index (χ0v) is 14.6. The molecule has 1 N–H and O–H groups in total. The second-order valence-electron chi connectivity index (χ2n) is 6.07. The Balaban J connectivity index is 1.56. The fourth-order valence-electron chi connectivity index (χ4n) is 2.63. The van der Waals surface area contributed by atoms with Gasteiger partial charge in [-0.2, -0.15) is 0 Å². The molecule has 1 aromatic carbocycles. The van der Waals surface area contributed by atoms with E-state index in [9.17, 15) is 4.79 Å². The number of amides is 1. The topological polar surface area (TPSA) is 63.7 Å². The van der Waals surface area contributed by atoms with Crippen molar-refractivity contribution < 1.29 is 14.3 Å². The molecule has 6 heteroatoms. The number of hydrogen-bond donors (Lipinski definition) is 1. The van der Waals surface area contributed by atoms with E-state index in [1.807, 2.05) is 43.3 Å². The van der Waals surface area contributed by atoms with E-state index in [2.05, 4.69) is 15.2 Å². The van der Waals surface area contributed by atoms with Gasteiger partial charge in [0, 0.05) is 13.1 Å². The first-order valence-electron chi connectivity index (χ1n) is 8.45. The van der Waals surface area contributed by atoms with Crippen molar-refractivity contribution in [3.63, 3.8) is 0 Å². The van der Waals surface area contributed by atoms with Crippen LogP contribution in [-0.2, 0) is 9.53 Å². The predicted octanol–water partition coefficient (Wildman–Crippen LogP) is 2.63. The van der Waals surface area contributed by atoms with Crippen LogP contribution < -0.4 is 15.0 Å². The third kappa shape index (κ3) is 4.70. The number of aromatic nitrogens is 1. The lowest BCUT2D eigenvalue weighted by Gasteiger charge is -2.27. The lowest BCUT2D eigenvalue weighted by molar-refractivity contribution is -0.122. The number of benzene rings is 1. The first kappa shape index (κ1) is 17.2. The van der Waals surface area contributed by atoms with E-state index in [4.69, 9.17) is 9.47 Å². The molecule has 25 heavy (non-hydrogen) atoms. The summed E-state index contributed by atoms with van der Waals surface area (Å²) in [6, 6.07) is 11.4. The molecular weight excluding hydrogens is 318 g/mol. The molecule has 6 nitrogen and oxygen atoms in total. The van der Waals surface area contributed by atoms with Gasteiger partial charge in [-0.1, -0.05) is 12.1 Å². The van der Waals surface area contributed by atoms with E-state index in [-0.39, 0.29) is 5.91 Å². The SMILES string of the molecule is Cc1cccc(OC(C)C(=O)Nc2ccc(N3CCOCC3)nc2)c1. The third-order valence-electron chi connectivity index (χ3n) is 4.02. The molecule has 1 unspecified atom stereocenters. The predicted molar refractivity (Wildman–Crippen MR) is 97.2 cm³/mol. The van der Waals surface area contributed by atoms with Crippen molar-refractivity contribution in [1.29, 1.82) is 0 Å². The average molecular weight is 341 g/mol. The van der Waals surface area contributed by atoms with Crippen LogP contribution in [0.3, 0.4) is 0 Å². The van der Waals surface area contributed by atoms with Gasteiger partial charge in [-0.25, -0.2) is 4.98 Å². The van der Waals surface area contributed by atoms with Crippen LogP contribution in [0.5, 0.6) is 5.75 Å². The molecule has 1 aliphatic heterocycles. The molecule has 0 saturated carbocycles. The van der Waals surface area contributed by atoms with Crippen molar-refractivity contribution in [2.24, 2.45) is 0 Å². The van der Waals surface area contributed by atoms with E-state index < -0.39 is 6.10 Å². The van der Waals surface area contributed by atoms with Crippen molar-refractivity contribution in [2.75, 3.05) is 36.5 Å². The highest BCUT2D eigenvalue weighted by atomic mass is 16.5. The van der Waals surface area contributed by atoms with Crippen molar-refractivity contribution in [3.05, 3.63) is 48.2 Å². The lowest BCUT2D eigenvalue weighted by atomic mass is 10.2.